The molecule has 0 atom stereocenters. The topological polar surface area (TPSA) is 123 Å². The number of hydrazone groups is 1. The van der Waals surface area contributed by atoms with Gasteiger partial charge in [0.25, 0.3) is 11.8 Å². The molecule has 2 heterocycles. The molecule has 2 aromatic carbocycles. The van der Waals surface area contributed by atoms with E-state index in [0.29, 0.717) is 40.3 Å². The van der Waals surface area contributed by atoms with Gasteiger partial charge in [-0.1, -0.05) is 51.2 Å². The number of nitro groups is 1. The van der Waals surface area contributed by atoms with Crippen LogP contribution in [-0.2, 0) is 6.54 Å². The fourth-order valence-electron chi connectivity index (χ4n) is 4.71. The van der Waals surface area contributed by atoms with Crippen LogP contribution in [0.25, 0.3) is 10.8 Å². The molecule has 0 saturated heterocycles. The van der Waals surface area contributed by atoms with E-state index in [1.54, 1.807) is 38.1 Å². The summed E-state index contributed by atoms with van der Waals surface area (Å²) in [7, 11) is 0. The summed E-state index contributed by atoms with van der Waals surface area (Å²) in [6.45, 7) is 6.25. The van der Waals surface area contributed by atoms with Crippen molar-refractivity contribution in [1.29, 1.82) is 0 Å². The van der Waals surface area contributed by atoms with E-state index in [9.17, 15) is 19.7 Å². The molecule has 1 aliphatic heterocycles. The summed E-state index contributed by atoms with van der Waals surface area (Å²) in [5.41, 5.74) is 5.27. The van der Waals surface area contributed by atoms with Crippen LogP contribution >= 0.6 is 0 Å². The minimum atomic E-state index is -0.475. The molecule has 0 unspecified atom stereocenters. The number of aryl methyl sites for hydroxylation is 1. The van der Waals surface area contributed by atoms with Gasteiger partial charge in [0.1, 0.15) is 12.7 Å². The normalized spacial score (nSPS) is 13.5. The number of nitrogens with one attached hydrogen (secondary N) is 1. The van der Waals surface area contributed by atoms with Gasteiger partial charge in [0.05, 0.1) is 11.4 Å². The smallest absolute Gasteiger partial charge is 0.343 e. The zero-order valence-corrected chi connectivity index (χ0v) is 21.5. The third-order valence-corrected chi connectivity index (χ3v) is 6.70. The molecule has 37 heavy (non-hydrogen) atoms. The molecule has 0 radical (unpaired) electrons. The molecule has 1 N–H and O–H groups in total. The maximum Gasteiger partial charge on any atom is 0.343 e. The molecule has 4 rings (SSSR count). The van der Waals surface area contributed by atoms with E-state index in [2.05, 4.69) is 22.4 Å². The zero-order valence-electron chi connectivity index (χ0n) is 21.5. The fraction of sp³-hybridized carbons (Fsp3) is 0.407. The first kappa shape index (κ1) is 26.0. The molecule has 2 amide bonds. The van der Waals surface area contributed by atoms with Crippen LogP contribution in [0.2, 0.25) is 0 Å². The number of nitrogens with zero attached hydrogens (tertiary/aromatic N) is 5. The summed E-state index contributed by atoms with van der Waals surface area (Å²) in [5, 5.41) is 17.0. The molecule has 0 spiro atoms. The van der Waals surface area contributed by atoms with E-state index >= 15 is 0 Å². The minimum absolute atomic E-state index is 0.101. The molecular weight excluding hydrogens is 472 g/mol. The van der Waals surface area contributed by atoms with Crippen LogP contribution in [0.3, 0.4) is 0 Å². The number of carbonyl (C=O) groups is 2. The van der Waals surface area contributed by atoms with Crippen LogP contribution in [-0.4, -0.2) is 43.4 Å². The first-order valence-electron chi connectivity index (χ1n) is 12.7. The van der Waals surface area contributed by atoms with Gasteiger partial charge in [-0.05, 0) is 36.5 Å². The maximum atomic E-state index is 13.2. The monoisotopic (exact) mass is 504 g/mol. The highest BCUT2D eigenvalue weighted by molar-refractivity contribution is 6.26. The van der Waals surface area contributed by atoms with Gasteiger partial charge in [0.15, 0.2) is 5.82 Å². The first-order chi connectivity index (χ1) is 17.8. The summed E-state index contributed by atoms with van der Waals surface area (Å²) >= 11 is 0. The van der Waals surface area contributed by atoms with E-state index < -0.39 is 4.92 Å². The average molecular weight is 505 g/mol. The zero-order chi connectivity index (χ0) is 26.5. The Morgan fingerprint density at radius 1 is 1.05 bits per heavy atom. The highest BCUT2D eigenvalue weighted by Crippen LogP contribution is 2.34. The molecule has 10 heteroatoms. The van der Waals surface area contributed by atoms with Gasteiger partial charge < -0.3 is 10.1 Å². The van der Waals surface area contributed by atoms with Gasteiger partial charge in [-0.25, -0.2) is 9.55 Å². The van der Waals surface area contributed by atoms with Gasteiger partial charge in [-0.15, -0.1) is 0 Å². The molecule has 1 aliphatic rings. The Kier molecular flexibility index (Phi) is 7.95. The lowest BCUT2D eigenvalue weighted by atomic mass is 9.93. The van der Waals surface area contributed by atoms with E-state index in [4.69, 9.17) is 0 Å². The van der Waals surface area contributed by atoms with Crippen molar-refractivity contribution in [2.45, 2.75) is 65.8 Å². The minimum Gasteiger partial charge on any atom is -0.358 e. The van der Waals surface area contributed by atoms with Crippen molar-refractivity contribution in [2.75, 3.05) is 12.0 Å². The lowest BCUT2D eigenvalue weighted by Crippen LogP contribution is -2.40. The molecule has 1 aromatic heterocycles. The predicted octanol–water partition coefficient (Wildman–Crippen LogP) is 5.70. The number of anilines is 1. The van der Waals surface area contributed by atoms with Gasteiger partial charge in [0, 0.05) is 35.4 Å². The SMILES string of the molecule is CCCCCCCCN1C(=O)c2cccc3c(N/N=C(\C)Cn4c([N+](=O)[O-])cnc4C)ccc(c23)C1=O. The number of unbranched alkanes of at least 4 members (excludes halogenated alkanes) is 5. The van der Waals surface area contributed by atoms with Crippen LogP contribution in [0.1, 0.15) is 78.9 Å². The number of rotatable bonds is 12. The Hall–Kier alpha value is -4.08. The average Bonchev–Trinajstić information content (AvgIpc) is 3.25. The Morgan fingerprint density at radius 2 is 1.76 bits per heavy atom. The van der Waals surface area contributed by atoms with Crippen molar-refractivity contribution < 1.29 is 14.5 Å². The summed E-state index contributed by atoms with van der Waals surface area (Å²) in [5.74, 6) is -0.116. The molecule has 194 valence electrons. The highest BCUT2D eigenvalue weighted by atomic mass is 16.6. The second-order valence-electron chi connectivity index (χ2n) is 9.38. The van der Waals surface area contributed by atoms with E-state index in [1.165, 1.54) is 34.9 Å². The summed E-state index contributed by atoms with van der Waals surface area (Å²) in [6, 6.07) is 8.92. The Labute approximate surface area is 215 Å². The molecular formula is C27H32N6O4. The Morgan fingerprint density at radius 3 is 2.49 bits per heavy atom. The van der Waals surface area contributed by atoms with E-state index in [1.807, 2.05) is 6.07 Å². The Bertz CT molecular complexity index is 1350. The highest BCUT2D eigenvalue weighted by Gasteiger charge is 2.32. The van der Waals surface area contributed by atoms with E-state index in [0.717, 1.165) is 24.6 Å². The summed E-state index contributed by atoms with van der Waals surface area (Å²) < 4.78 is 1.48. The molecule has 0 saturated carbocycles. The second kappa shape index (κ2) is 11.3. The van der Waals surface area contributed by atoms with Crippen molar-refractivity contribution in [1.82, 2.24) is 14.5 Å². The third-order valence-electron chi connectivity index (χ3n) is 6.70. The predicted molar refractivity (Wildman–Crippen MR) is 143 cm³/mol. The van der Waals surface area contributed by atoms with E-state index in [-0.39, 0.29) is 24.2 Å². The number of hydrogen-bond donors (Lipinski definition) is 1. The van der Waals surface area contributed by atoms with Crippen LogP contribution in [0, 0.1) is 17.0 Å². The maximum absolute atomic E-state index is 13.2. The van der Waals surface area contributed by atoms with Crippen molar-refractivity contribution >= 4 is 39.8 Å². The largest absolute Gasteiger partial charge is 0.358 e. The molecule has 0 aliphatic carbocycles. The third kappa shape index (κ3) is 5.37. The standard InChI is InChI=1S/C27H32N6O4/c1-4-5-6-7-8-9-15-31-26(34)21-12-10-11-20-23(14-13-22(25(20)21)27(31)35)30-29-18(2)17-32-19(3)28-16-24(32)33(36)37/h10-14,16,30H,4-9,15,17H2,1-3H3/b29-18+. The van der Waals surface area contributed by atoms with Crippen molar-refractivity contribution in [2.24, 2.45) is 5.10 Å². The van der Waals surface area contributed by atoms with Gasteiger partial charge in [-0.2, -0.15) is 5.10 Å². The van der Waals surface area contributed by atoms with Crippen molar-refractivity contribution in [3.8, 4) is 0 Å². The van der Waals surface area contributed by atoms with Crippen LogP contribution in [0.15, 0.2) is 41.6 Å². The van der Waals surface area contributed by atoms with Crippen LogP contribution < -0.4 is 5.43 Å². The number of aromatic nitrogens is 2. The van der Waals surface area contributed by atoms with Gasteiger partial charge in [-0.3, -0.25) is 19.9 Å². The first-order valence-corrected chi connectivity index (χ1v) is 12.7. The number of imidazole rings is 1. The molecule has 0 bridgehead atoms. The quantitative estimate of drug-likeness (QED) is 0.111. The molecule has 0 fully saturated rings. The number of carbonyl (C=O) groups excluding carboxylic acids is 2. The molecule has 10 nitrogen and oxygen atoms in total. The number of hydrogen-bond acceptors (Lipinski definition) is 7. The van der Waals surface area contributed by atoms with Crippen molar-refractivity contribution in [3.63, 3.8) is 0 Å². The number of imide groups is 1. The molecule has 3 aromatic rings. The van der Waals surface area contributed by atoms with Crippen LogP contribution in [0.5, 0.6) is 0 Å². The second-order valence-corrected chi connectivity index (χ2v) is 9.38. The lowest BCUT2D eigenvalue weighted by molar-refractivity contribution is -0.392. The Balaban J connectivity index is 1.53. The summed E-state index contributed by atoms with van der Waals surface area (Å²) in [4.78, 5) is 42.7. The summed E-state index contributed by atoms with van der Waals surface area (Å²) in [6.07, 6.45) is 7.70. The van der Waals surface area contributed by atoms with Gasteiger partial charge >= 0.3 is 5.82 Å². The fourth-order valence-corrected chi connectivity index (χ4v) is 4.71. The van der Waals surface area contributed by atoms with Gasteiger partial charge in [0.2, 0.25) is 0 Å². The van der Waals surface area contributed by atoms with Crippen LogP contribution in [0.4, 0.5) is 11.5 Å². The van der Waals surface area contributed by atoms with Crippen molar-refractivity contribution in [3.05, 3.63) is 63.6 Å². The number of amides is 2. The number of benzene rings is 2. The lowest BCUT2D eigenvalue weighted by Gasteiger charge is -2.27.